The highest BCUT2D eigenvalue weighted by Gasteiger charge is 2.30. The fraction of sp³-hybridized carbons (Fsp3) is 0.375. The smallest absolute Gasteiger partial charge is 0.325 e. The van der Waals surface area contributed by atoms with Gasteiger partial charge >= 0.3 is 6.03 Å². The van der Waals surface area contributed by atoms with Crippen LogP contribution < -0.4 is 10.6 Å². The van der Waals surface area contributed by atoms with Gasteiger partial charge < -0.3 is 5.32 Å². The van der Waals surface area contributed by atoms with Crippen molar-refractivity contribution in [3.8, 4) is 0 Å². The Morgan fingerprint density at radius 2 is 2.29 bits per heavy atom. The zero-order valence-electron chi connectivity index (χ0n) is 8.98. The van der Waals surface area contributed by atoms with Gasteiger partial charge in [-0.3, -0.25) is 24.9 Å². The number of aromatic amines is 1. The van der Waals surface area contributed by atoms with Crippen LogP contribution in [0.25, 0.3) is 0 Å². The van der Waals surface area contributed by atoms with Crippen LogP contribution in [0, 0.1) is 6.92 Å². The molecule has 0 aromatic carbocycles. The molecule has 1 aromatic heterocycles. The van der Waals surface area contributed by atoms with E-state index in [1.165, 1.54) is 0 Å². The molecular formula is C8H10N6O3. The van der Waals surface area contributed by atoms with E-state index in [-0.39, 0.29) is 19.0 Å². The number of nitrogens with one attached hydrogen (secondary N) is 3. The summed E-state index contributed by atoms with van der Waals surface area (Å²) >= 11 is 0. The fourth-order valence-corrected chi connectivity index (χ4v) is 1.32. The van der Waals surface area contributed by atoms with Gasteiger partial charge in [0.1, 0.15) is 12.4 Å². The minimum atomic E-state index is -0.573. The molecular weight excluding hydrogens is 228 g/mol. The van der Waals surface area contributed by atoms with Crippen LogP contribution in [0.4, 0.5) is 10.7 Å². The fourth-order valence-electron chi connectivity index (χ4n) is 1.32. The van der Waals surface area contributed by atoms with E-state index in [9.17, 15) is 14.4 Å². The van der Waals surface area contributed by atoms with Gasteiger partial charge in [0.25, 0.3) is 5.91 Å². The molecule has 90 valence electrons. The molecule has 0 aliphatic carbocycles. The number of aryl methyl sites for hydroxylation is 1. The van der Waals surface area contributed by atoms with E-state index >= 15 is 0 Å². The molecule has 1 aromatic rings. The number of H-pyrrole nitrogens is 1. The summed E-state index contributed by atoms with van der Waals surface area (Å²) in [7, 11) is 0. The third-order valence-electron chi connectivity index (χ3n) is 2.09. The Balaban J connectivity index is 1.93. The highest BCUT2D eigenvalue weighted by Crippen LogP contribution is 2.01. The largest absolute Gasteiger partial charge is 0.329 e. The monoisotopic (exact) mass is 238 g/mol. The number of carbonyl (C=O) groups is 3. The highest BCUT2D eigenvalue weighted by atomic mass is 16.2. The second-order valence-electron chi connectivity index (χ2n) is 3.43. The van der Waals surface area contributed by atoms with Crippen LogP contribution in [-0.4, -0.2) is 51.0 Å². The summed E-state index contributed by atoms with van der Waals surface area (Å²) < 4.78 is 0. The van der Waals surface area contributed by atoms with Crippen molar-refractivity contribution in [1.82, 2.24) is 25.4 Å². The van der Waals surface area contributed by atoms with E-state index in [1.54, 1.807) is 6.92 Å². The molecule has 1 saturated heterocycles. The van der Waals surface area contributed by atoms with Crippen LogP contribution in [0.5, 0.6) is 0 Å². The number of anilines is 1. The van der Waals surface area contributed by atoms with Crippen LogP contribution in [0.2, 0.25) is 0 Å². The van der Waals surface area contributed by atoms with Gasteiger partial charge in [-0.25, -0.2) is 4.79 Å². The lowest BCUT2D eigenvalue weighted by Crippen LogP contribution is -2.38. The summed E-state index contributed by atoms with van der Waals surface area (Å²) in [5.41, 5.74) is 0. The van der Waals surface area contributed by atoms with Crippen LogP contribution in [0.1, 0.15) is 5.82 Å². The Hall–Kier alpha value is -2.45. The first-order chi connectivity index (χ1) is 8.06. The molecule has 0 bridgehead atoms. The molecule has 3 N–H and O–H groups in total. The number of hydrogen-bond donors (Lipinski definition) is 3. The summed E-state index contributed by atoms with van der Waals surface area (Å²) in [5, 5.41) is 10.9. The van der Waals surface area contributed by atoms with Gasteiger partial charge in [-0.2, -0.15) is 4.98 Å². The molecule has 0 spiro atoms. The lowest BCUT2D eigenvalue weighted by Gasteiger charge is -2.10. The predicted octanol–water partition coefficient (Wildman–Crippen LogP) is -1.40. The number of carbonyl (C=O) groups excluding carboxylic acids is 3. The lowest BCUT2D eigenvalue weighted by atomic mass is 10.5. The SMILES string of the molecule is Cc1nc(NC(=O)CN2C(=O)CNC2=O)n[nH]1. The maximum atomic E-state index is 11.5. The highest BCUT2D eigenvalue weighted by molar-refractivity contribution is 6.05. The number of aromatic nitrogens is 3. The summed E-state index contributed by atoms with van der Waals surface area (Å²) in [6.45, 7) is 1.25. The summed E-state index contributed by atoms with van der Waals surface area (Å²) in [6.07, 6.45) is 0. The number of nitrogens with zero attached hydrogens (tertiary/aromatic N) is 3. The van der Waals surface area contributed by atoms with Gasteiger partial charge in [0, 0.05) is 0 Å². The van der Waals surface area contributed by atoms with Crippen molar-refractivity contribution in [3.63, 3.8) is 0 Å². The molecule has 4 amide bonds. The van der Waals surface area contributed by atoms with Crippen molar-refractivity contribution in [3.05, 3.63) is 5.82 Å². The average molecular weight is 238 g/mol. The van der Waals surface area contributed by atoms with E-state index < -0.39 is 17.8 Å². The number of rotatable bonds is 3. The summed E-state index contributed by atoms with van der Waals surface area (Å²) in [5.74, 6) is -0.305. The van der Waals surface area contributed by atoms with Crippen molar-refractivity contribution in [2.75, 3.05) is 18.4 Å². The van der Waals surface area contributed by atoms with E-state index in [4.69, 9.17) is 0 Å². The third-order valence-corrected chi connectivity index (χ3v) is 2.09. The molecule has 0 saturated carbocycles. The Bertz CT molecular complexity index is 465. The molecule has 1 fully saturated rings. The second-order valence-corrected chi connectivity index (χ2v) is 3.43. The average Bonchev–Trinajstić information content (AvgIpc) is 2.79. The van der Waals surface area contributed by atoms with E-state index in [1.807, 2.05) is 0 Å². The predicted molar refractivity (Wildman–Crippen MR) is 54.9 cm³/mol. The van der Waals surface area contributed by atoms with Gasteiger partial charge in [0.15, 0.2) is 0 Å². The van der Waals surface area contributed by atoms with Crippen molar-refractivity contribution in [2.24, 2.45) is 0 Å². The molecule has 1 aliphatic heterocycles. The van der Waals surface area contributed by atoms with Crippen LogP contribution in [0.15, 0.2) is 0 Å². The quantitative estimate of drug-likeness (QED) is 0.559. The molecule has 2 rings (SSSR count). The van der Waals surface area contributed by atoms with E-state index in [0.717, 1.165) is 4.90 Å². The molecule has 17 heavy (non-hydrogen) atoms. The van der Waals surface area contributed by atoms with Crippen molar-refractivity contribution in [2.45, 2.75) is 6.92 Å². The maximum absolute atomic E-state index is 11.5. The van der Waals surface area contributed by atoms with Gasteiger partial charge in [-0.05, 0) is 6.92 Å². The third kappa shape index (κ3) is 2.38. The zero-order valence-corrected chi connectivity index (χ0v) is 8.98. The Morgan fingerprint density at radius 1 is 1.53 bits per heavy atom. The Kier molecular flexibility index (Phi) is 2.73. The minimum absolute atomic E-state index is 0.0775. The van der Waals surface area contributed by atoms with Gasteiger partial charge in [0.05, 0.1) is 6.54 Å². The molecule has 0 atom stereocenters. The molecule has 0 unspecified atom stereocenters. The van der Waals surface area contributed by atoms with E-state index in [0.29, 0.717) is 5.82 Å². The Morgan fingerprint density at radius 3 is 2.82 bits per heavy atom. The first-order valence-electron chi connectivity index (χ1n) is 4.83. The summed E-state index contributed by atoms with van der Waals surface area (Å²) in [6, 6.07) is -0.573. The lowest BCUT2D eigenvalue weighted by molar-refractivity contribution is -0.128. The van der Waals surface area contributed by atoms with Crippen molar-refractivity contribution < 1.29 is 14.4 Å². The topological polar surface area (TPSA) is 120 Å². The van der Waals surface area contributed by atoms with Crippen molar-refractivity contribution in [1.29, 1.82) is 0 Å². The first-order valence-corrected chi connectivity index (χ1v) is 4.83. The van der Waals surface area contributed by atoms with Crippen LogP contribution in [0.3, 0.4) is 0 Å². The molecule has 9 heteroatoms. The number of amides is 4. The van der Waals surface area contributed by atoms with E-state index in [2.05, 4.69) is 25.8 Å². The summed E-state index contributed by atoms with van der Waals surface area (Å²) in [4.78, 5) is 38.5. The zero-order chi connectivity index (χ0) is 12.4. The second kappa shape index (κ2) is 4.20. The Labute approximate surface area is 95.6 Å². The molecule has 0 radical (unpaired) electrons. The van der Waals surface area contributed by atoms with Gasteiger partial charge in [-0.15, -0.1) is 5.10 Å². The normalized spacial score (nSPS) is 15.0. The molecule has 2 heterocycles. The van der Waals surface area contributed by atoms with Gasteiger partial charge in [0.2, 0.25) is 11.9 Å². The molecule has 1 aliphatic rings. The van der Waals surface area contributed by atoms with Gasteiger partial charge in [-0.1, -0.05) is 0 Å². The molecule has 9 nitrogen and oxygen atoms in total. The van der Waals surface area contributed by atoms with Crippen molar-refractivity contribution >= 4 is 23.8 Å². The minimum Gasteiger partial charge on any atom is -0.329 e. The first kappa shape index (κ1) is 11.0. The number of hydrogen-bond acceptors (Lipinski definition) is 5. The standard InChI is InChI=1S/C8H10N6O3/c1-4-10-7(13-12-4)11-5(15)3-14-6(16)2-9-8(14)17/h2-3H2,1H3,(H,9,17)(H2,10,11,12,13,15). The number of urea groups is 1. The van der Waals surface area contributed by atoms with Crippen LogP contribution in [-0.2, 0) is 9.59 Å². The van der Waals surface area contributed by atoms with Crippen LogP contribution >= 0.6 is 0 Å². The number of imide groups is 1. The maximum Gasteiger partial charge on any atom is 0.325 e.